The fourth-order valence-electron chi connectivity index (χ4n) is 3.62. The van der Waals surface area contributed by atoms with E-state index in [0.29, 0.717) is 11.4 Å². The van der Waals surface area contributed by atoms with E-state index in [-0.39, 0.29) is 18.6 Å². The van der Waals surface area contributed by atoms with Crippen molar-refractivity contribution in [2.45, 2.75) is 50.0 Å². The van der Waals surface area contributed by atoms with E-state index < -0.39 is 10.0 Å². The Kier molecular flexibility index (Phi) is 4.08. The molecule has 0 saturated carbocycles. The Balaban J connectivity index is 1.95. The zero-order valence-electron chi connectivity index (χ0n) is 12.5. The number of aryl methyl sites for hydroxylation is 2. The van der Waals surface area contributed by atoms with Crippen LogP contribution >= 0.6 is 0 Å². The quantitative estimate of drug-likeness (QED) is 0.928. The highest BCUT2D eigenvalue weighted by atomic mass is 32.2. The van der Waals surface area contributed by atoms with Crippen LogP contribution < -0.4 is 0 Å². The van der Waals surface area contributed by atoms with Crippen molar-refractivity contribution < 1.29 is 13.5 Å². The second-order valence-electron chi connectivity index (χ2n) is 6.27. The molecule has 0 spiro atoms. The van der Waals surface area contributed by atoms with E-state index in [1.807, 2.05) is 19.1 Å². The lowest BCUT2D eigenvalue weighted by atomic mass is 9.93. The van der Waals surface area contributed by atoms with Gasteiger partial charge >= 0.3 is 0 Å². The average Bonchev–Trinajstić information content (AvgIpc) is 2.94. The minimum atomic E-state index is -3.50. The van der Waals surface area contributed by atoms with Crippen LogP contribution in [0.25, 0.3) is 0 Å². The van der Waals surface area contributed by atoms with Crippen LogP contribution in [0.1, 0.15) is 37.3 Å². The second kappa shape index (κ2) is 5.71. The summed E-state index contributed by atoms with van der Waals surface area (Å²) in [5, 5.41) is 9.59. The van der Waals surface area contributed by atoms with Crippen LogP contribution in [0.4, 0.5) is 0 Å². The van der Waals surface area contributed by atoms with Gasteiger partial charge in [-0.3, -0.25) is 0 Å². The van der Waals surface area contributed by atoms with Crippen LogP contribution in [0.5, 0.6) is 0 Å². The predicted octanol–water partition coefficient (Wildman–Crippen LogP) is 1.96. The van der Waals surface area contributed by atoms with Crippen molar-refractivity contribution in [3.8, 4) is 0 Å². The summed E-state index contributed by atoms with van der Waals surface area (Å²) >= 11 is 0. The Labute approximate surface area is 126 Å². The lowest BCUT2D eigenvalue weighted by Crippen LogP contribution is -2.49. The highest BCUT2D eigenvalue weighted by Gasteiger charge is 2.37. The van der Waals surface area contributed by atoms with Gasteiger partial charge in [-0.05, 0) is 61.3 Å². The van der Waals surface area contributed by atoms with Crippen LogP contribution in [0.15, 0.2) is 23.1 Å². The average molecular weight is 309 g/mol. The third-order valence-electron chi connectivity index (χ3n) is 4.93. The Hall–Kier alpha value is -0.910. The molecule has 0 aromatic heterocycles. The molecule has 0 amide bonds. The summed E-state index contributed by atoms with van der Waals surface area (Å²) in [4.78, 5) is 0.385. The number of aliphatic hydroxyl groups excluding tert-OH is 1. The molecule has 2 atom stereocenters. The number of rotatable bonds is 3. The van der Waals surface area contributed by atoms with Gasteiger partial charge in [0.25, 0.3) is 0 Å². The van der Waals surface area contributed by atoms with Gasteiger partial charge in [0.15, 0.2) is 0 Å². The summed E-state index contributed by atoms with van der Waals surface area (Å²) in [6, 6.07) is 5.23. The van der Waals surface area contributed by atoms with Crippen molar-refractivity contribution in [2.24, 2.45) is 5.92 Å². The molecule has 1 aromatic carbocycles. The summed E-state index contributed by atoms with van der Waals surface area (Å²) < 4.78 is 27.3. The Bertz CT molecular complexity index is 626. The maximum atomic E-state index is 12.9. The summed E-state index contributed by atoms with van der Waals surface area (Å²) in [5.74, 6) is 0.202. The smallest absolute Gasteiger partial charge is 0.243 e. The number of nitrogens with zero attached hydrogens (tertiary/aromatic N) is 1. The van der Waals surface area contributed by atoms with Crippen molar-refractivity contribution in [1.29, 1.82) is 0 Å². The standard InChI is InChI=1S/C16H23NO3S/c1-12-4-3-9-17(16(12)11-18)21(19,20)15-8-7-13-5-2-6-14(13)10-15/h7-8,10,12,16,18H,2-6,9,11H2,1H3. The van der Waals surface area contributed by atoms with Gasteiger partial charge in [-0.15, -0.1) is 0 Å². The zero-order chi connectivity index (χ0) is 15.0. The highest BCUT2D eigenvalue weighted by molar-refractivity contribution is 7.89. The fourth-order valence-corrected chi connectivity index (χ4v) is 5.43. The molecule has 116 valence electrons. The minimum Gasteiger partial charge on any atom is -0.395 e. The van der Waals surface area contributed by atoms with Gasteiger partial charge in [0.2, 0.25) is 10.0 Å². The normalized spacial score (nSPS) is 26.8. The molecule has 21 heavy (non-hydrogen) atoms. The maximum absolute atomic E-state index is 12.9. The monoisotopic (exact) mass is 309 g/mol. The first-order valence-electron chi connectivity index (χ1n) is 7.78. The lowest BCUT2D eigenvalue weighted by molar-refractivity contribution is 0.113. The summed E-state index contributed by atoms with van der Waals surface area (Å²) in [5.41, 5.74) is 2.45. The van der Waals surface area contributed by atoms with E-state index in [1.54, 1.807) is 6.07 Å². The molecule has 2 unspecified atom stereocenters. The molecule has 5 heteroatoms. The molecule has 1 aliphatic carbocycles. The largest absolute Gasteiger partial charge is 0.395 e. The number of hydrogen-bond acceptors (Lipinski definition) is 3. The lowest BCUT2D eigenvalue weighted by Gasteiger charge is -2.37. The first kappa shape index (κ1) is 15.0. The van der Waals surface area contributed by atoms with Crippen LogP contribution in [0.3, 0.4) is 0 Å². The summed E-state index contributed by atoms with van der Waals surface area (Å²) in [6.07, 6.45) is 4.97. The van der Waals surface area contributed by atoms with Crippen LogP contribution in [-0.4, -0.2) is 37.0 Å². The van der Waals surface area contributed by atoms with Gasteiger partial charge in [0, 0.05) is 6.54 Å². The molecule has 4 nitrogen and oxygen atoms in total. The van der Waals surface area contributed by atoms with E-state index in [0.717, 1.165) is 32.1 Å². The Morgan fingerprint density at radius 2 is 2.00 bits per heavy atom. The second-order valence-corrected chi connectivity index (χ2v) is 8.16. The van der Waals surface area contributed by atoms with Gasteiger partial charge < -0.3 is 5.11 Å². The highest BCUT2D eigenvalue weighted by Crippen LogP contribution is 2.31. The van der Waals surface area contributed by atoms with Crippen LogP contribution in [0, 0.1) is 5.92 Å². The third-order valence-corrected chi connectivity index (χ3v) is 6.85. The summed E-state index contributed by atoms with van der Waals surface area (Å²) in [7, 11) is -3.50. The SMILES string of the molecule is CC1CCCN(S(=O)(=O)c2ccc3c(c2)CCC3)C1CO. The fraction of sp³-hybridized carbons (Fsp3) is 0.625. The van der Waals surface area contributed by atoms with Crippen LogP contribution in [0.2, 0.25) is 0 Å². The molecule has 1 aliphatic heterocycles. The van der Waals surface area contributed by atoms with Gasteiger partial charge in [-0.1, -0.05) is 13.0 Å². The molecular formula is C16H23NO3S. The Morgan fingerprint density at radius 3 is 2.76 bits per heavy atom. The van der Waals surface area contributed by atoms with Gasteiger partial charge in [-0.2, -0.15) is 4.31 Å². The third kappa shape index (κ3) is 2.62. The van der Waals surface area contributed by atoms with Gasteiger partial charge in [-0.25, -0.2) is 8.42 Å². The van der Waals surface area contributed by atoms with Crippen molar-refractivity contribution in [3.05, 3.63) is 29.3 Å². The molecule has 2 aliphatic rings. The minimum absolute atomic E-state index is 0.106. The van der Waals surface area contributed by atoms with E-state index in [4.69, 9.17) is 0 Å². The zero-order valence-corrected chi connectivity index (χ0v) is 13.3. The maximum Gasteiger partial charge on any atom is 0.243 e. The van der Waals surface area contributed by atoms with Crippen molar-refractivity contribution in [1.82, 2.24) is 4.31 Å². The van der Waals surface area contributed by atoms with Crippen molar-refractivity contribution in [2.75, 3.05) is 13.2 Å². The number of piperidine rings is 1. The molecular weight excluding hydrogens is 286 g/mol. The van der Waals surface area contributed by atoms with E-state index in [1.165, 1.54) is 15.4 Å². The molecule has 1 N–H and O–H groups in total. The van der Waals surface area contributed by atoms with Crippen molar-refractivity contribution >= 4 is 10.0 Å². The van der Waals surface area contributed by atoms with Crippen molar-refractivity contribution in [3.63, 3.8) is 0 Å². The summed E-state index contributed by atoms with van der Waals surface area (Å²) in [6.45, 7) is 2.42. The number of hydrogen-bond donors (Lipinski definition) is 1. The topological polar surface area (TPSA) is 57.6 Å². The number of fused-ring (bicyclic) bond motifs is 1. The van der Waals surface area contributed by atoms with Gasteiger partial charge in [0.1, 0.15) is 0 Å². The van der Waals surface area contributed by atoms with Gasteiger partial charge in [0.05, 0.1) is 17.5 Å². The molecule has 0 radical (unpaired) electrons. The molecule has 1 aromatic rings. The number of aliphatic hydroxyl groups is 1. The van der Waals surface area contributed by atoms with E-state index in [9.17, 15) is 13.5 Å². The molecule has 1 fully saturated rings. The molecule has 1 heterocycles. The molecule has 1 saturated heterocycles. The van der Waals surface area contributed by atoms with E-state index in [2.05, 4.69) is 0 Å². The first-order valence-corrected chi connectivity index (χ1v) is 9.22. The van der Waals surface area contributed by atoms with Crippen LogP contribution in [-0.2, 0) is 22.9 Å². The van der Waals surface area contributed by atoms with E-state index >= 15 is 0 Å². The first-order chi connectivity index (χ1) is 10.0. The predicted molar refractivity (Wildman–Crippen MR) is 81.6 cm³/mol. The molecule has 3 rings (SSSR count). The Morgan fingerprint density at radius 1 is 1.24 bits per heavy atom. The number of sulfonamides is 1. The number of benzene rings is 1. The molecule has 0 bridgehead atoms.